The van der Waals surface area contributed by atoms with E-state index in [2.05, 4.69) is 73.3 Å². The summed E-state index contributed by atoms with van der Waals surface area (Å²) in [5.74, 6) is 1.86. The van der Waals surface area contributed by atoms with Gasteiger partial charge in [0.05, 0.1) is 5.69 Å². The Morgan fingerprint density at radius 2 is 1.69 bits per heavy atom. The van der Waals surface area contributed by atoms with Crippen LogP contribution in [0.15, 0.2) is 24.5 Å². The summed E-state index contributed by atoms with van der Waals surface area (Å²) in [4.78, 5) is 11.8. The molecule has 3 rings (SSSR count). The van der Waals surface area contributed by atoms with Gasteiger partial charge < -0.3 is 10.2 Å². The van der Waals surface area contributed by atoms with Crippen molar-refractivity contribution in [2.75, 3.05) is 23.3 Å². The van der Waals surface area contributed by atoms with Gasteiger partial charge in [0.15, 0.2) is 5.82 Å². The summed E-state index contributed by atoms with van der Waals surface area (Å²) >= 11 is 0. The van der Waals surface area contributed by atoms with Gasteiger partial charge in [0.2, 0.25) is 5.95 Å². The van der Waals surface area contributed by atoms with Crippen molar-refractivity contribution >= 4 is 23.0 Å². The van der Waals surface area contributed by atoms with E-state index >= 15 is 0 Å². The standard InChI is InChI=1S/C21H29N5/c1-7-17-19-20(25(8-2)9-3)22-10-11-26(19)21(23-17)24-18-15(5)12-14(4)13-16(18)6/h10-13H,7-9H2,1-6H3,(H,23,24). The van der Waals surface area contributed by atoms with E-state index in [1.807, 2.05) is 12.4 Å². The highest BCUT2D eigenvalue weighted by Gasteiger charge is 2.18. The van der Waals surface area contributed by atoms with Gasteiger partial charge in [-0.25, -0.2) is 9.97 Å². The molecule has 0 amide bonds. The Hall–Kier alpha value is -2.56. The second kappa shape index (κ2) is 7.36. The molecule has 0 unspecified atom stereocenters. The van der Waals surface area contributed by atoms with E-state index < -0.39 is 0 Å². The lowest BCUT2D eigenvalue weighted by Crippen LogP contribution is -2.23. The molecule has 0 bridgehead atoms. The molecule has 0 fully saturated rings. The average molecular weight is 351 g/mol. The van der Waals surface area contributed by atoms with Crippen molar-refractivity contribution in [1.29, 1.82) is 0 Å². The molecule has 0 aliphatic rings. The lowest BCUT2D eigenvalue weighted by atomic mass is 10.1. The first-order chi connectivity index (χ1) is 12.5. The summed E-state index contributed by atoms with van der Waals surface area (Å²) in [6.45, 7) is 14.7. The second-order valence-corrected chi connectivity index (χ2v) is 6.78. The first kappa shape index (κ1) is 18.2. The molecule has 26 heavy (non-hydrogen) atoms. The number of nitrogens with one attached hydrogen (secondary N) is 1. The third-order valence-electron chi connectivity index (χ3n) is 4.92. The van der Waals surface area contributed by atoms with Gasteiger partial charge in [0.25, 0.3) is 0 Å². The number of hydrogen-bond acceptors (Lipinski definition) is 4. The van der Waals surface area contributed by atoms with Gasteiger partial charge in [-0.3, -0.25) is 4.40 Å². The quantitative estimate of drug-likeness (QED) is 0.692. The van der Waals surface area contributed by atoms with Gasteiger partial charge in [-0.05, 0) is 52.2 Å². The lowest BCUT2D eigenvalue weighted by molar-refractivity contribution is 0.844. The van der Waals surface area contributed by atoms with Crippen molar-refractivity contribution in [2.45, 2.75) is 48.0 Å². The predicted molar refractivity (Wildman–Crippen MR) is 110 cm³/mol. The van der Waals surface area contributed by atoms with Gasteiger partial charge in [-0.15, -0.1) is 0 Å². The SMILES string of the molecule is CCc1nc(Nc2c(C)cc(C)cc2C)n2ccnc(N(CC)CC)c12. The van der Waals surface area contributed by atoms with Crippen LogP contribution in [0.3, 0.4) is 0 Å². The average Bonchev–Trinajstić information content (AvgIpc) is 2.97. The number of anilines is 3. The van der Waals surface area contributed by atoms with E-state index in [1.54, 1.807) is 0 Å². The maximum atomic E-state index is 4.90. The Labute approximate surface area is 156 Å². The maximum Gasteiger partial charge on any atom is 0.212 e. The third-order valence-corrected chi connectivity index (χ3v) is 4.92. The van der Waals surface area contributed by atoms with Crippen LogP contribution in [-0.4, -0.2) is 27.5 Å². The monoisotopic (exact) mass is 351 g/mol. The molecule has 5 heteroatoms. The van der Waals surface area contributed by atoms with E-state index in [0.717, 1.165) is 48.2 Å². The van der Waals surface area contributed by atoms with Crippen LogP contribution in [0, 0.1) is 20.8 Å². The van der Waals surface area contributed by atoms with Crippen molar-refractivity contribution in [2.24, 2.45) is 0 Å². The van der Waals surface area contributed by atoms with Crippen molar-refractivity contribution in [1.82, 2.24) is 14.4 Å². The fraction of sp³-hybridized carbons (Fsp3) is 0.429. The largest absolute Gasteiger partial charge is 0.355 e. The lowest BCUT2D eigenvalue weighted by Gasteiger charge is -2.21. The van der Waals surface area contributed by atoms with E-state index in [-0.39, 0.29) is 0 Å². The van der Waals surface area contributed by atoms with Gasteiger partial charge in [0.1, 0.15) is 5.52 Å². The summed E-state index contributed by atoms with van der Waals surface area (Å²) in [5, 5.41) is 3.57. The Morgan fingerprint density at radius 1 is 1.04 bits per heavy atom. The number of benzene rings is 1. The molecule has 0 spiro atoms. The fourth-order valence-electron chi connectivity index (χ4n) is 3.67. The number of aromatic nitrogens is 3. The van der Waals surface area contributed by atoms with Crippen LogP contribution >= 0.6 is 0 Å². The highest BCUT2D eigenvalue weighted by atomic mass is 15.2. The molecule has 0 aliphatic carbocycles. The summed E-state index contributed by atoms with van der Waals surface area (Å²) in [7, 11) is 0. The van der Waals surface area contributed by atoms with Gasteiger partial charge in [-0.2, -0.15) is 0 Å². The number of imidazole rings is 1. The first-order valence-electron chi connectivity index (χ1n) is 9.45. The Bertz CT molecular complexity index is 899. The highest BCUT2D eigenvalue weighted by molar-refractivity contribution is 5.76. The Balaban J connectivity index is 2.15. The van der Waals surface area contributed by atoms with E-state index in [9.17, 15) is 0 Å². The molecule has 0 saturated carbocycles. The third kappa shape index (κ3) is 3.14. The first-order valence-corrected chi connectivity index (χ1v) is 9.45. The van der Waals surface area contributed by atoms with Crippen molar-refractivity contribution in [3.05, 3.63) is 46.9 Å². The molecule has 3 aromatic rings. The zero-order chi connectivity index (χ0) is 18.8. The molecule has 2 aromatic heterocycles. The molecule has 1 aromatic carbocycles. The molecular formula is C21H29N5. The minimum absolute atomic E-state index is 0.850. The number of hydrogen-bond donors (Lipinski definition) is 1. The molecule has 0 saturated heterocycles. The highest BCUT2D eigenvalue weighted by Crippen LogP contribution is 2.30. The van der Waals surface area contributed by atoms with Crippen LogP contribution < -0.4 is 10.2 Å². The maximum absolute atomic E-state index is 4.90. The smallest absolute Gasteiger partial charge is 0.212 e. The second-order valence-electron chi connectivity index (χ2n) is 6.78. The molecule has 0 radical (unpaired) electrons. The number of fused-ring (bicyclic) bond motifs is 1. The summed E-state index contributed by atoms with van der Waals surface area (Å²) < 4.78 is 2.14. The van der Waals surface area contributed by atoms with Gasteiger partial charge >= 0.3 is 0 Å². The molecule has 0 aliphatic heterocycles. The number of aryl methyl sites for hydroxylation is 4. The van der Waals surface area contributed by atoms with Gasteiger partial charge in [0, 0.05) is 31.2 Å². The minimum atomic E-state index is 0.850. The Kier molecular flexibility index (Phi) is 5.16. The van der Waals surface area contributed by atoms with Crippen LogP contribution in [0.1, 0.15) is 43.2 Å². The zero-order valence-corrected chi connectivity index (χ0v) is 16.7. The van der Waals surface area contributed by atoms with Crippen LogP contribution in [0.25, 0.3) is 5.52 Å². The van der Waals surface area contributed by atoms with Crippen molar-refractivity contribution in [3.8, 4) is 0 Å². The van der Waals surface area contributed by atoms with E-state index in [4.69, 9.17) is 4.98 Å². The molecular weight excluding hydrogens is 322 g/mol. The Morgan fingerprint density at radius 3 is 2.27 bits per heavy atom. The molecule has 5 nitrogen and oxygen atoms in total. The number of nitrogens with zero attached hydrogens (tertiary/aromatic N) is 4. The normalized spacial score (nSPS) is 11.2. The minimum Gasteiger partial charge on any atom is -0.355 e. The van der Waals surface area contributed by atoms with Crippen LogP contribution in [0.4, 0.5) is 17.5 Å². The van der Waals surface area contributed by atoms with E-state index in [0.29, 0.717) is 0 Å². The molecule has 0 atom stereocenters. The molecule has 2 heterocycles. The summed E-state index contributed by atoms with van der Waals surface area (Å²) in [5.41, 5.74) is 7.05. The molecule has 1 N–H and O–H groups in total. The van der Waals surface area contributed by atoms with Crippen LogP contribution in [-0.2, 0) is 6.42 Å². The van der Waals surface area contributed by atoms with Crippen LogP contribution in [0.5, 0.6) is 0 Å². The zero-order valence-electron chi connectivity index (χ0n) is 16.7. The molecule has 138 valence electrons. The van der Waals surface area contributed by atoms with Crippen molar-refractivity contribution in [3.63, 3.8) is 0 Å². The van der Waals surface area contributed by atoms with Gasteiger partial charge in [-0.1, -0.05) is 24.6 Å². The topological polar surface area (TPSA) is 45.5 Å². The number of rotatable bonds is 6. The van der Waals surface area contributed by atoms with Crippen molar-refractivity contribution < 1.29 is 0 Å². The van der Waals surface area contributed by atoms with Crippen LogP contribution in [0.2, 0.25) is 0 Å². The predicted octanol–water partition coefficient (Wildman–Crippen LogP) is 4.81. The fourth-order valence-corrected chi connectivity index (χ4v) is 3.67. The summed E-state index contributed by atoms with van der Waals surface area (Å²) in [6.07, 6.45) is 4.73. The summed E-state index contributed by atoms with van der Waals surface area (Å²) in [6, 6.07) is 4.41. The van der Waals surface area contributed by atoms with E-state index in [1.165, 1.54) is 16.7 Å².